The Morgan fingerprint density at radius 3 is 2.89 bits per heavy atom. The highest BCUT2D eigenvalue weighted by Crippen LogP contribution is 2.26. The first-order valence-corrected chi connectivity index (χ1v) is 10.5. The lowest BCUT2D eigenvalue weighted by Crippen LogP contribution is -2.39. The molecular weight excluding hydrogens is 372 g/mol. The molecule has 0 radical (unpaired) electrons. The van der Waals surface area contributed by atoms with E-state index in [1.54, 1.807) is 12.1 Å². The van der Waals surface area contributed by atoms with Crippen LogP contribution in [0, 0.1) is 6.92 Å². The van der Waals surface area contributed by atoms with Crippen LogP contribution in [0.2, 0.25) is 5.02 Å². The maximum atomic E-state index is 12.5. The Labute approximate surface area is 172 Å². The van der Waals surface area contributed by atoms with Crippen molar-refractivity contribution in [1.82, 2.24) is 5.32 Å². The molecular formula is C23H29ClN2O2. The van der Waals surface area contributed by atoms with Gasteiger partial charge < -0.3 is 15.0 Å². The van der Waals surface area contributed by atoms with Gasteiger partial charge in [-0.1, -0.05) is 36.7 Å². The van der Waals surface area contributed by atoms with E-state index in [4.69, 9.17) is 16.3 Å². The molecule has 1 amide bonds. The molecule has 0 saturated carbocycles. The number of halogens is 1. The highest BCUT2D eigenvalue weighted by molar-refractivity contribution is 6.31. The van der Waals surface area contributed by atoms with Crippen LogP contribution >= 0.6 is 11.6 Å². The van der Waals surface area contributed by atoms with E-state index in [0.29, 0.717) is 23.7 Å². The summed E-state index contributed by atoms with van der Waals surface area (Å²) in [5.74, 6) is 0.614. The summed E-state index contributed by atoms with van der Waals surface area (Å²) in [6, 6.07) is 14.1. The highest BCUT2D eigenvalue weighted by Gasteiger charge is 2.19. The average Bonchev–Trinajstić information content (AvgIpc) is 2.71. The molecule has 0 unspecified atom stereocenters. The van der Waals surface area contributed by atoms with Gasteiger partial charge in [0.25, 0.3) is 5.91 Å². The lowest BCUT2D eigenvalue weighted by Gasteiger charge is -2.31. The number of anilines is 1. The SMILES string of the molecule is CC[C@H](Oc1ccc(Cl)c(C)c1)C(=O)NCCCN1CCCc2ccccc21. The van der Waals surface area contributed by atoms with E-state index >= 15 is 0 Å². The lowest BCUT2D eigenvalue weighted by molar-refractivity contribution is -0.128. The number of fused-ring (bicyclic) bond motifs is 1. The van der Waals surface area contributed by atoms with Crippen molar-refractivity contribution < 1.29 is 9.53 Å². The molecule has 4 nitrogen and oxygen atoms in total. The minimum atomic E-state index is -0.490. The summed E-state index contributed by atoms with van der Waals surface area (Å²) in [5.41, 5.74) is 3.71. The van der Waals surface area contributed by atoms with Gasteiger partial charge in [0.15, 0.2) is 6.10 Å². The third-order valence-corrected chi connectivity index (χ3v) is 5.61. The monoisotopic (exact) mass is 400 g/mol. The zero-order chi connectivity index (χ0) is 19.9. The smallest absolute Gasteiger partial charge is 0.261 e. The number of para-hydroxylation sites is 1. The third-order valence-electron chi connectivity index (χ3n) is 5.18. The molecule has 150 valence electrons. The van der Waals surface area contributed by atoms with Crippen molar-refractivity contribution in [3.8, 4) is 5.75 Å². The van der Waals surface area contributed by atoms with E-state index in [1.165, 1.54) is 17.7 Å². The molecule has 0 aliphatic carbocycles. The van der Waals surface area contributed by atoms with E-state index < -0.39 is 6.10 Å². The summed E-state index contributed by atoms with van der Waals surface area (Å²) in [6.45, 7) is 6.57. The van der Waals surface area contributed by atoms with E-state index in [1.807, 2.05) is 19.9 Å². The maximum absolute atomic E-state index is 12.5. The fourth-order valence-electron chi connectivity index (χ4n) is 3.62. The molecule has 0 bridgehead atoms. The van der Waals surface area contributed by atoms with Gasteiger partial charge in [-0.05, 0) is 68.0 Å². The van der Waals surface area contributed by atoms with Gasteiger partial charge in [0.05, 0.1) is 0 Å². The molecule has 1 aliphatic heterocycles. The summed E-state index contributed by atoms with van der Waals surface area (Å²) in [7, 11) is 0. The van der Waals surface area contributed by atoms with Crippen molar-refractivity contribution in [3.63, 3.8) is 0 Å². The predicted octanol–water partition coefficient (Wildman–Crippen LogP) is 4.76. The van der Waals surface area contributed by atoms with Crippen LogP contribution in [0.4, 0.5) is 5.69 Å². The summed E-state index contributed by atoms with van der Waals surface area (Å²) >= 11 is 6.05. The fraction of sp³-hybridized carbons (Fsp3) is 0.435. The molecule has 2 aromatic rings. The van der Waals surface area contributed by atoms with Crippen LogP contribution in [0.15, 0.2) is 42.5 Å². The molecule has 1 heterocycles. The Hall–Kier alpha value is -2.20. The zero-order valence-electron chi connectivity index (χ0n) is 16.7. The number of hydrogen-bond donors (Lipinski definition) is 1. The van der Waals surface area contributed by atoms with E-state index in [-0.39, 0.29) is 5.91 Å². The number of carbonyl (C=O) groups excluding carboxylic acids is 1. The molecule has 1 aliphatic rings. The van der Waals surface area contributed by atoms with Gasteiger partial charge >= 0.3 is 0 Å². The zero-order valence-corrected chi connectivity index (χ0v) is 17.5. The van der Waals surface area contributed by atoms with Gasteiger partial charge in [0.1, 0.15) is 5.75 Å². The minimum Gasteiger partial charge on any atom is -0.481 e. The Kier molecular flexibility index (Phi) is 7.21. The molecule has 0 saturated heterocycles. The second kappa shape index (κ2) is 9.83. The Morgan fingerprint density at radius 1 is 1.29 bits per heavy atom. The number of benzene rings is 2. The van der Waals surface area contributed by atoms with E-state index in [2.05, 4.69) is 34.5 Å². The molecule has 1 N–H and O–H groups in total. The number of nitrogens with zero attached hydrogens (tertiary/aromatic N) is 1. The van der Waals surface area contributed by atoms with Crippen molar-refractivity contribution in [1.29, 1.82) is 0 Å². The number of carbonyl (C=O) groups is 1. The number of nitrogens with one attached hydrogen (secondary N) is 1. The number of rotatable bonds is 8. The number of ether oxygens (including phenoxy) is 1. The van der Waals surface area contributed by atoms with Crippen LogP contribution in [-0.2, 0) is 11.2 Å². The molecule has 3 rings (SSSR count). The van der Waals surface area contributed by atoms with Crippen molar-refractivity contribution in [3.05, 3.63) is 58.6 Å². The number of aryl methyl sites for hydroxylation is 2. The summed E-state index contributed by atoms with van der Waals surface area (Å²) in [5, 5.41) is 3.73. The topological polar surface area (TPSA) is 41.6 Å². The van der Waals surface area contributed by atoms with Gasteiger partial charge in [0.2, 0.25) is 0 Å². The van der Waals surface area contributed by atoms with Gasteiger partial charge in [-0.15, -0.1) is 0 Å². The van der Waals surface area contributed by atoms with Crippen LogP contribution in [0.1, 0.15) is 37.3 Å². The second-order valence-corrected chi connectivity index (χ2v) is 7.70. The molecule has 0 spiro atoms. The minimum absolute atomic E-state index is 0.0610. The van der Waals surface area contributed by atoms with Crippen LogP contribution in [0.5, 0.6) is 5.75 Å². The van der Waals surface area contributed by atoms with E-state index in [0.717, 1.165) is 31.5 Å². The van der Waals surface area contributed by atoms with Crippen LogP contribution in [0.3, 0.4) is 0 Å². The van der Waals surface area contributed by atoms with Gasteiger partial charge in [-0.3, -0.25) is 4.79 Å². The van der Waals surface area contributed by atoms with Crippen LogP contribution in [0.25, 0.3) is 0 Å². The van der Waals surface area contributed by atoms with Crippen molar-refractivity contribution >= 4 is 23.2 Å². The summed E-state index contributed by atoms with van der Waals surface area (Å²) in [6.07, 6.45) is 3.39. The van der Waals surface area contributed by atoms with Gasteiger partial charge in [-0.25, -0.2) is 0 Å². The van der Waals surface area contributed by atoms with Crippen molar-refractivity contribution in [2.45, 2.75) is 45.6 Å². The van der Waals surface area contributed by atoms with Gasteiger partial charge in [-0.2, -0.15) is 0 Å². The first-order valence-electron chi connectivity index (χ1n) is 10.1. The first kappa shape index (κ1) is 20.5. The fourth-order valence-corrected chi connectivity index (χ4v) is 3.73. The predicted molar refractivity (Wildman–Crippen MR) is 115 cm³/mol. The Bertz CT molecular complexity index is 809. The maximum Gasteiger partial charge on any atom is 0.261 e. The van der Waals surface area contributed by atoms with Gasteiger partial charge in [0, 0.05) is 30.3 Å². The standard InChI is InChI=1S/C23H29ClN2O2/c1-3-22(28-19-11-12-20(24)17(2)16-19)23(27)25-13-7-15-26-14-6-9-18-8-4-5-10-21(18)26/h4-5,8,10-12,16,22H,3,6-7,9,13-15H2,1-2H3,(H,25,27)/t22-/m0/s1. The highest BCUT2D eigenvalue weighted by atomic mass is 35.5. The number of hydrogen-bond acceptors (Lipinski definition) is 3. The molecule has 28 heavy (non-hydrogen) atoms. The second-order valence-electron chi connectivity index (χ2n) is 7.29. The molecule has 0 aromatic heterocycles. The Balaban J connectivity index is 1.46. The first-order chi connectivity index (χ1) is 13.6. The number of amides is 1. The quantitative estimate of drug-likeness (QED) is 0.649. The largest absolute Gasteiger partial charge is 0.481 e. The average molecular weight is 401 g/mol. The van der Waals surface area contributed by atoms with Crippen LogP contribution < -0.4 is 15.0 Å². The van der Waals surface area contributed by atoms with Crippen LogP contribution in [-0.4, -0.2) is 31.6 Å². The lowest BCUT2D eigenvalue weighted by atomic mass is 10.0. The molecule has 1 atom stereocenters. The van der Waals surface area contributed by atoms with Crippen molar-refractivity contribution in [2.24, 2.45) is 0 Å². The molecule has 2 aromatic carbocycles. The Morgan fingerprint density at radius 2 is 2.11 bits per heavy atom. The summed E-state index contributed by atoms with van der Waals surface area (Å²) in [4.78, 5) is 14.9. The third kappa shape index (κ3) is 5.20. The summed E-state index contributed by atoms with van der Waals surface area (Å²) < 4.78 is 5.87. The molecule has 5 heteroatoms. The van der Waals surface area contributed by atoms with E-state index in [9.17, 15) is 4.79 Å². The molecule has 0 fully saturated rings. The van der Waals surface area contributed by atoms with Crippen molar-refractivity contribution in [2.75, 3.05) is 24.5 Å². The normalized spacial score (nSPS) is 14.3.